The lowest BCUT2D eigenvalue weighted by atomic mass is 10.3. The minimum Gasteiger partial charge on any atom is -0.476 e. The van der Waals surface area contributed by atoms with Gasteiger partial charge in [-0.15, -0.1) is 0 Å². The van der Waals surface area contributed by atoms with Crippen LogP contribution < -0.4 is 16.0 Å². The third-order valence-electron chi connectivity index (χ3n) is 2.61. The highest BCUT2D eigenvalue weighted by atomic mass is 16.4. The fourth-order valence-electron chi connectivity index (χ4n) is 1.51. The summed E-state index contributed by atoms with van der Waals surface area (Å²) in [4.78, 5) is 37.5. The van der Waals surface area contributed by atoms with Gasteiger partial charge in [-0.25, -0.2) is 14.6 Å². The largest absolute Gasteiger partial charge is 0.476 e. The van der Waals surface area contributed by atoms with Crippen LogP contribution in [0.4, 0.5) is 10.5 Å². The summed E-state index contributed by atoms with van der Waals surface area (Å²) in [6.07, 6.45) is 3.25. The Kier molecular flexibility index (Phi) is 4.14. The molecule has 0 spiro atoms. The molecule has 106 valence electrons. The first-order valence-electron chi connectivity index (χ1n) is 6.09. The van der Waals surface area contributed by atoms with Gasteiger partial charge in [0.1, 0.15) is 0 Å². The molecule has 0 aromatic carbocycles. The van der Waals surface area contributed by atoms with E-state index < -0.39 is 12.0 Å². The number of amides is 3. The summed E-state index contributed by atoms with van der Waals surface area (Å²) < 4.78 is 0. The lowest BCUT2D eigenvalue weighted by molar-refractivity contribution is -0.120. The molecule has 0 unspecified atom stereocenters. The van der Waals surface area contributed by atoms with E-state index in [1.54, 1.807) is 0 Å². The van der Waals surface area contributed by atoms with E-state index in [0.717, 1.165) is 12.8 Å². The molecule has 0 atom stereocenters. The van der Waals surface area contributed by atoms with Crippen LogP contribution in [0.5, 0.6) is 0 Å². The third kappa shape index (κ3) is 3.94. The van der Waals surface area contributed by atoms with Gasteiger partial charge in [-0.1, -0.05) is 0 Å². The number of hydrogen-bond donors (Lipinski definition) is 4. The lowest BCUT2D eigenvalue weighted by Gasteiger charge is -2.09. The van der Waals surface area contributed by atoms with Gasteiger partial charge in [0.05, 0.1) is 12.2 Å². The second-order valence-corrected chi connectivity index (χ2v) is 4.35. The number of anilines is 1. The zero-order valence-electron chi connectivity index (χ0n) is 10.5. The minimum absolute atomic E-state index is 0.0695. The van der Waals surface area contributed by atoms with Crippen molar-refractivity contribution in [1.82, 2.24) is 15.6 Å². The monoisotopic (exact) mass is 278 g/mol. The van der Waals surface area contributed by atoms with E-state index in [1.165, 1.54) is 18.3 Å². The van der Waals surface area contributed by atoms with Crippen molar-refractivity contribution in [2.24, 2.45) is 0 Å². The number of nitrogens with one attached hydrogen (secondary N) is 3. The molecule has 0 radical (unpaired) electrons. The summed E-state index contributed by atoms with van der Waals surface area (Å²) in [7, 11) is 0. The van der Waals surface area contributed by atoms with Crippen molar-refractivity contribution >= 4 is 23.6 Å². The first kappa shape index (κ1) is 13.8. The summed E-state index contributed by atoms with van der Waals surface area (Å²) in [5, 5.41) is 16.3. The highest BCUT2D eigenvalue weighted by Gasteiger charge is 2.23. The molecule has 8 nitrogen and oxygen atoms in total. The molecule has 1 saturated carbocycles. The highest BCUT2D eigenvalue weighted by molar-refractivity contribution is 5.99. The highest BCUT2D eigenvalue weighted by Crippen LogP contribution is 2.18. The maximum absolute atomic E-state index is 11.6. The number of urea groups is 1. The molecule has 1 fully saturated rings. The van der Waals surface area contributed by atoms with Crippen LogP contribution in [-0.4, -0.2) is 40.6 Å². The van der Waals surface area contributed by atoms with Gasteiger partial charge in [-0.2, -0.15) is 0 Å². The maximum Gasteiger partial charge on any atom is 0.356 e. The molecule has 2 rings (SSSR count). The van der Waals surface area contributed by atoms with Crippen LogP contribution in [0.25, 0.3) is 0 Å². The number of nitrogens with zero attached hydrogens (tertiary/aromatic N) is 1. The Morgan fingerprint density at radius 1 is 1.35 bits per heavy atom. The summed E-state index contributed by atoms with van der Waals surface area (Å²) in [6.45, 7) is -0.162. The molecule has 1 aromatic heterocycles. The number of carbonyl (C=O) groups is 3. The first-order valence-corrected chi connectivity index (χ1v) is 6.09. The zero-order chi connectivity index (χ0) is 14.5. The van der Waals surface area contributed by atoms with E-state index in [9.17, 15) is 14.4 Å². The number of carboxylic acids is 1. The fraction of sp³-hybridized carbons (Fsp3) is 0.333. The van der Waals surface area contributed by atoms with Crippen molar-refractivity contribution < 1.29 is 19.5 Å². The standard InChI is InChI=1S/C12H14N4O4/c17-9(15-7-3-4-7)6-14-12(20)16-8-2-1-5-13-10(8)11(18)19/h1-2,5,7H,3-4,6H2,(H,15,17)(H,18,19)(H2,14,16,20). The average Bonchev–Trinajstić information content (AvgIpc) is 3.21. The van der Waals surface area contributed by atoms with Crippen LogP contribution in [0, 0.1) is 0 Å². The summed E-state index contributed by atoms with van der Waals surface area (Å²) in [5.74, 6) is -1.51. The number of aromatic carboxylic acids is 1. The number of carboxylic acid groups (broad SMARTS) is 1. The molecule has 20 heavy (non-hydrogen) atoms. The van der Waals surface area contributed by atoms with Gasteiger partial charge in [-0.3, -0.25) is 4.79 Å². The van der Waals surface area contributed by atoms with E-state index in [0.29, 0.717) is 0 Å². The molecule has 1 aliphatic carbocycles. The second-order valence-electron chi connectivity index (χ2n) is 4.35. The zero-order valence-corrected chi connectivity index (χ0v) is 10.5. The van der Waals surface area contributed by atoms with E-state index in [2.05, 4.69) is 20.9 Å². The van der Waals surface area contributed by atoms with Crippen LogP contribution in [-0.2, 0) is 4.79 Å². The van der Waals surface area contributed by atoms with E-state index in [4.69, 9.17) is 5.11 Å². The number of carbonyl (C=O) groups excluding carboxylic acids is 2. The Balaban J connectivity index is 1.84. The summed E-state index contributed by atoms with van der Waals surface area (Å²) in [5.41, 5.74) is -0.190. The average molecular weight is 278 g/mol. The molecule has 0 aliphatic heterocycles. The molecule has 1 aliphatic rings. The van der Waals surface area contributed by atoms with E-state index in [-0.39, 0.29) is 29.9 Å². The SMILES string of the molecule is O=C(CNC(=O)Nc1cccnc1C(=O)O)NC1CC1. The number of pyridine rings is 1. The van der Waals surface area contributed by atoms with E-state index >= 15 is 0 Å². The topological polar surface area (TPSA) is 120 Å². The Labute approximate surface area is 114 Å². The fourth-order valence-corrected chi connectivity index (χ4v) is 1.51. The van der Waals surface area contributed by atoms with Gasteiger partial charge >= 0.3 is 12.0 Å². The molecule has 0 bridgehead atoms. The van der Waals surface area contributed by atoms with Gasteiger partial charge in [0.2, 0.25) is 5.91 Å². The second kappa shape index (κ2) is 6.00. The lowest BCUT2D eigenvalue weighted by Crippen LogP contribution is -2.39. The van der Waals surface area contributed by atoms with Crippen molar-refractivity contribution in [2.45, 2.75) is 18.9 Å². The van der Waals surface area contributed by atoms with Crippen molar-refractivity contribution in [3.63, 3.8) is 0 Å². The predicted octanol–water partition coefficient (Wildman–Crippen LogP) is 0.180. The smallest absolute Gasteiger partial charge is 0.356 e. The molecule has 4 N–H and O–H groups in total. The number of aromatic nitrogens is 1. The molecule has 0 saturated heterocycles. The number of rotatable bonds is 5. The summed E-state index contributed by atoms with van der Waals surface area (Å²) >= 11 is 0. The Bertz CT molecular complexity index is 542. The van der Waals surface area contributed by atoms with Crippen LogP contribution in [0.3, 0.4) is 0 Å². The Morgan fingerprint density at radius 2 is 2.10 bits per heavy atom. The molecular weight excluding hydrogens is 264 g/mol. The van der Waals surface area contributed by atoms with Gasteiger partial charge in [0.25, 0.3) is 0 Å². The molecule has 1 heterocycles. The Hall–Kier alpha value is -2.64. The molecule has 3 amide bonds. The van der Waals surface area contributed by atoms with Crippen LogP contribution in [0.15, 0.2) is 18.3 Å². The molecule has 8 heteroatoms. The Morgan fingerprint density at radius 3 is 2.75 bits per heavy atom. The number of hydrogen-bond acceptors (Lipinski definition) is 4. The minimum atomic E-state index is -1.24. The van der Waals surface area contributed by atoms with E-state index in [1.807, 2.05) is 0 Å². The van der Waals surface area contributed by atoms with Crippen molar-refractivity contribution in [3.8, 4) is 0 Å². The molecular formula is C12H14N4O4. The van der Waals surface area contributed by atoms with Crippen molar-refractivity contribution in [1.29, 1.82) is 0 Å². The van der Waals surface area contributed by atoms with Gasteiger partial charge in [0.15, 0.2) is 5.69 Å². The normalized spacial score (nSPS) is 13.4. The summed E-state index contributed by atoms with van der Waals surface area (Å²) in [6, 6.07) is 2.48. The maximum atomic E-state index is 11.6. The van der Waals surface area contributed by atoms with Gasteiger partial charge < -0.3 is 21.1 Å². The van der Waals surface area contributed by atoms with Gasteiger partial charge in [-0.05, 0) is 25.0 Å². The van der Waals surface area contributed by atoms with Crippen molar-refractivity contribution in [2.75, 3.05) is 11.9 Å². The third-order valence-corrected chi connectivity index (χ3v) is 2.61. The molecule has 1 aromatic rings. The van der Waals surface area contributed by atoms with Gasteiger partial charge in [0, 0.05) is 12.2 Å². The van der Waals surface area contributed by atoms with Crippen LogP contribution in [0.1, 0.15) is 23.3 Å². The quantitative estimate of drug-likeness (QED) is 0.612. The van der Waals surface area contributed by atoms with Crippen LogP contribution >= 0.6 is 0 Å². The van der Waals surface area contributed by atoms with Crippen molar-refractivity contribution in [3.05, 3.63) is 24.0 Å². The predicted molar refractivity (Wildman–Crippen MR) is 69.4 cm³/mol. The van der Waals surface area contributed by atoms with Crippen LogP contribution in [0.2, 0.25) is 0 Å². The first-order chi connectivity index (χ1) is 9.56.